The van der Waals surface area contributed by atoms with Crippen LogP contribution in [0.4, 0.5) is 0 Å². The third-order valence-electron chi connectivity index (χ3n) is 3.93. The van der Waals surface area contributed by atoms with Gasteiger partial charge in [0.25, 0.3) is 0 Å². The number of carbonyl (C=O) groups excluding carboxylic acids is 1. The Balaban J connectivity index is 1.82. The number of carbonyl (C=O) groups is 1. The summed E-state index contributed by atoms with van der Waals surface area (Å²) in [6.07, 6.45) is 0.267. The topological polar surface area (TPSA) is 75.0 Å². The van der Waals surface area contributed by atoms with Gasteiger partial charge in [-0.3, -0.25) is 4.79 Å². The Morgan fingerprint density at radius 2 is 1.82 bits per heavy atom. The van der Waals surface area contributed by atoms with E-state index in [1.807, 2.05) is 25.1 Å². The first-order valence-electron chi connectivity index (χ1n) is 9.00. The third kappa shape index (κ3) is 4.52. The Labute approximate surface area is 162 Å². The number of rotatable bonds is 6. The molecule has 2 aromatic carbocycles. The van der Waals surface area contributed by atoms with Crippen LogP contribution < -0.4 is 14.9 Å². The highest BCUT2D eigenvalue weighted by molar-refractivity contribution is 5.79. The van der Waals surface area contributed by atoms with Crippen LogP contribution in [0.2, 0.25) is 0 Å². The van der Waals surface area contributed by atoms with Crippen LogP contribution in [0, 0.1) is 6.92 Å². The van der Waals surface area contributed by atoms with Gasteiger partial charge in [-0.15, -0.1) is 0 Å². The highest BCUT2D eigenvalue weighted by Gasteiger charge is 2.18. The molecule has 28 heavy (non-hydrogen) atoms. The zero-order valence-electron chi connectivity index (χ0n) is 16.2. The summed E-state index contributed by atoms with van der Waals surface area (Å²) in [4.78, 5) is 24.6. The zero-order valence-corrected chi connectivity index (χ0v) is 16.2. The van der Waals surface area contributed by atoms with Crippen LogP contribution in [0.15, 0.2) is 57.9 Å². The van der Waals surface area contributed by atoms with Gasteiger partial charge in [0.2, 0.25) is 11.2 Å². The molecule has 1 atom stereocenters. The molecular formula is C22H22O6. The van der Waals surface area contributed by atoms with Crippen LogP contribution in [0.1, 0.15) is 26.3 Å². The Morgan fingerprint density at radius 1 is 1.04 bits per heavy atom. The predicted octanol–water partition coefficient (Wildman–Crippen LogP) is 4.61. The van der Waals surface area contributed by atoms with Gasteiger partial charge in [0.05, 0.1) is 11.5 Å². The quantitative estimate of drug-likeness (QED) is 0.580. The van der Waals surface area contributed by atoms with Crippen molar-refractivity contribution in [2.24, 2.45) is 0 Å². The van der Waals surface area contributed by atoms with E-state index in [0.717, 1.165) is 5.56 Å². The molecule has 0 amide bonds. The number of hydrogen-bond acceptors (Lipinski definition) is 6. The number of esters is 1. The van der Waals surface area contributed by atoms with Gasteiger partial charge in [-0.05, 0) is 57.5 Å². The van der Waals surface area contributed by atoms with Crippen molar-refractivity contribution in [3.05, 3.63) is 64.5 Å². The molecule has 0 aliphatic rings. The van der Waals surface area contributed by atoms with E-state index in [1.165, 1.54) is 6.26 Å². The van der Waals surface area contributed by atoms with Crippen molar-refractivity contribution in [2.45, 2.75) is 39.9 Å². The minimum absolute atomic E-state index is 0.0978. The van der Waals surface area contributed by atoms with E-state index in [-0.39, 0.29) is 17.3 Å². The van der Waals surface area contributed by atoms with E-state index in [9.17, 15) is 9.59 Å². The highest BCUT2D eigenvalue weighted by atomic mass is 16.6. The SMILES string of the molecule is Cc1cccc(Oc2coc3cc(OC(C)C(=O)OC(C)C)ccc3c2=O)c1. The van der Waals surface area contributed by atoms with Crippen molar-refractivity contribution in [3.8, 4) is 17.2 Å². The number of aryl methyl sites for hydroxylation is 1. The van der Waals surface area contributed by atoms with Gasteiger partial charge < -0.3 is 18.6 Å². The van der Waals surface area contributed by atoms with Crippen molar-refractivity contribution in [3.63, 3.8) is 0 Å². The van der Waals surface area contributed by atoms with Gasteiger partial charge in [0.1, 0.15) is 23.3 Å². The molecule has 0 aliphatic carbocycles. The maximum atomic E-state index is 12.7. The van der Waals surface area contributed by atoms with Crippen molar-refractivity contribution >= 4 is 16.9 Å². The summed E-state index contributed by atoms with van der Waals surface area (Å²) >= 11 is 0. The largest absolute Gasteiger partial charge is 0.479 e. The number of fused-ring (bicyclic) bond motifs is 1. The molecule has 0 spiro atoms. The molecule has 6 heteroatoms. The Bertz CT molecular complexity index is 1050. The summed E-state index contributed by atoms with van der Waals surface area (Å²) in [6.45, 7) is 7.08. The third-order valence-corrected chi connectivity index (χ3v) is 3.93. The molecule has 0 saturated heterocycles. The first-order chi connectivity index (χ1) is 13.3. The molecule has 1 heterocycles. The van der Waals surface area contributed by atoms with Crippen LogP contribution in [-0.4, -0.2) is 18.2 Å². The van der Waals surface area contributed by atoms with E-state index >= 15 is 0 Å². The van der Waals surface area contributed by atoms with E-state index in [0.29, 0.717) is 22.5 Å². The molecule has 0 radical (unpaired) electrons. The number of benzene rings is 2. The normalized spacial score (nSPS) is 12.0. The van der Waals surface area contributed by atoms with Crippen LogP contribution in [0.5, 0.6) is 17.2 Å². The molecule has 6 nitrogen and oxygen atoms in total. The lowest BCUT2D eigenvalue weighted by molar-refractivity contribution is -0.154. The molecule has 3 aromatic rings. The molecule has 0 saturated carbocycles. The van der Waals surface area contributed by atoms with Crippen molar-refractivity contribution < 1.29 is 23.4 Å². The highest BCUT2D eigenvalue weighted by Crippen LogP contribution is 2.25. The fourth-order valence-electron chi connectivity index (χ4n) is 2.62. The van der Waals surface area contributed by atoms with Gasteiger partial charge >= 0.3 is 5.97 Å². The summed E-state index contributed by atoms with van der Waals surface area (Å²) in [7, 11) is 0. The summed E-state index contributed by atoms with van der Waals surface area (Å²) in [5.74, 6) is 0.597. The standard InChI is InChI=1S/C22H22O6/c1-13(2)26-22(24)15(4)27-17-8-9-18-19(11-17)25-12-20(21(18)23)28-16-7-5-6-14(3)10-16/h5-13,15H,1-4H3. The Hall–Kier alpha value is -3.28. The van der Waals surface area contributed by atoms with Gasteiger partial charge in [-0.25, -0.2) is 4.79 Å². The molecule has 0 aliphatic heterocycles. The Kier molecular flexibility index (Phi) is 5.68. The van der Waals surface area contributed by atoms with E-state index in [2.05, 4.69) is 0 Å². The maximum Gasteiger partial charge on any atom is 0.347 e. The van der Waals surface area contributed by atoms with E-state index in [4.69, 9.17) is 18.6 Å². The van der Waals surface area contributed by atoms with Gasteiger partial charge in [0, 0.05) is 6.07 Å². The molecule has 1 aromatic heterocycles. The molecule has 3 rings (SSSR count). The molecule has 0 fully saturated rings. The molecule has 146 valence electrons. The summed E-state index contributed by atoms with van der Waals surface area (Å²) < 4.78 is 21.9. The minimum Gasteiger partial charge on any atom is -0.479 e. The predicted molar refractivity (Wildman–Crippen MR) is 105 cm³/mol. The fraction of sp³-hybridized carbons (Fsp3) is 0.273. The molecular weight excluding hydrogens is 360 g/mol. The van der Waals surface area contributed by atoms with Gasteiger partial charge in [0.15, 0.2) is 6.10 Å². The zero-order chi connectivity index (χ0) is 20.3. The average Bonchev–Trinajstić information content (AvgIpc) is 2.63. The summed E-state index contributed by atoms with van der Waals surface area (Å²) in [6, 6.07) is 12.1. The van der Waals surface area contributed by atoms with Crippen LogP contribution in [-0.2, 0) is 9.53 Å². The number of ether oxygens (including phenoxy) is 3. The van der Waals surface area contributed by atoms with E-state index < -0.39 is 12.1 Å². The minimum atomic E-state index is -0.782. The van der Waals surface area contributed by atoms with Crippen molar-refractivity contribution in [1.82, 2.24) is 0 Å². The first kappa shape index (κ1) is 19.5. The van der Waals surface area contributed by atoms with Crippen LogP contribution in [0.25, 0.3) is 11.0 Å². The monoisotopic (exact) mass is 382 g/mol. The lowest BCUT2D eigenvalue weighted by Gasteiger charge is -2.15. The smallest absolute Gasteiger partial charge is 0.347 e. The fourth-order valence-corrected chi connectivity index (χ4v) is 2.62. The average molecular weight is 382 g/mol. The van der Waals surface area contributed by atoms with Gasteiger partial charge in [-0.2, -0.15) is 0 Å². The Morgan fingerprint density at radius 3 is 2.54 bits per heavy atom. The van der Waals surface area contributed by atoms with Crippen molar-refractivity contribution in [2.75, 3.05) is 0 Å². The van der Waals surface area contributed by atoms with Crippen LogP contribution >= 0.6 is 0 Å². The molecule has 0 bridgehead atoms. The first-order valence-corrected chi connectivity index (χ1v) is 9.00. The van der Waals surface area contributed by atoms with Gasteiger partial charge in [-0.1, -0.05) is 12.1 Å². The number of hydrogen-bond donors (Lipinski definition) is 0. The second-order valence-electron chi connectivity index (χ2n) is 6.75. The second kappa shape index (κ2) is 8.17. The lowest BCUT2D eigenvalue weighted by atomic mass is 10.2. The van der Waals surface area contributed by atoms with Crippen LogP contribution in [0.3, 0.4) is 0 Å². The summed E-state index contributed by atoms with van der Waals surface area (Å²) in [5, 5.41) is 0.356. The van der Waals surface area contributed by atoms with Crippen molar-refractivity contribution in [1.29, 1.82) is 0 Å². The van der Waals surface area contributed by atoms with E-state index in [1.54, 1.807) is 45.0 Å². The maximum absolute atomic E-state index is 12.7. The molecule has 0 N–H and O–H groups in total. The second-order valence-corrected chi connectivity index (χ2v) is 6.75. The lowest BCUT2D eigenvalue weighted by Crippen LogP contribution is -2.28. The molecule has 1 unspecified atom stereocenters. The summed E-state index contributed by atoms with van der Waals surface area (Å²) in [5.41, 5.74) is 1.07.